The third kappa shape index (κ3) is 5.32. The zero-order valence-corrected chi connectivity index (χ0v) is 22.8. The number of rotatable bonds is 7. The van der Waals surface area contributed by atoms with Crippen LogP contribution >= 0.6 is 11.6 Å². The topological polar surface area (TPSA) is 97.1 Å². The normalized spacial score (nSPS) is 28.9. The number of halogens is 2. The molecule has 0 saturated heterocycles. The first-order valence-electron chi connectivity index (χ1n) is 13.9. The quantitative estimate of drug-likeness (QED) is 0.426. The number of benzene rings is 1. The number of fused-ring (bicyclic) bond motifs is 2. The monoisotopic (exact) mass is 540 g/mol. The Bertz CT molecular complexity index is 1170. The van der Waals surface area contributed by atoms with Crippen molar-refractivity contribution >= 4 is 29.1 Å². The molecule has 1 aromatic carbocycles. The van der Waals surface area contributed by atoms with E-state index < -0.39 is 16.6 Å². The molecule has 5 unspecified atom stereocenters. The van der Waals surface area contributed by atoms with Gasteiger partial charge >= 0.3 is 0 Å². The van der Waals surface area contributed by atoms with Gasteiger partial charge in [-0.1, -0.05) is 37.4 Å². The number of aromatic nitrogens is 1. The molecule has 0 radical (unpaired) electrons. The lowest BCUT2D eigenvalue weighted by molar-refractivity contribution is -0.134. The van der Waals surface area contributed by atoms with Gasteiger partial charge < -0.3 is 16.4 Å². The van der Waals surface area contributed by atoms with Crippen molar-refractivity contribution in [2.75, 3.05) is 11.9 Å². The number of carbonyl (C=O) groups is 2. The molecule has 204 valence electrons. The lowest BCUT2D eigenvalue weighted by Gasteiger charge is -2.50. The third-order valence-electron chi connectivity index (χ3n) is 9.31. The molecule has 5 atom stereocenters. The number of pyridine rings is 1. The van der Waals surface area contributed by atoms with Gasteiger partial charge in [-0.15, -0.1) is 0 Å². The number of nitrogens with one attached hydrogen (secondary N) is 2. The maximum absolute atomic E-state index is 13.7. The fourth-order valence-corrected chi connectivity index (χ4v) is 8.07. The molecule has 3 fully saturated rings. The Balaban J connectivity index is 1.28. The third-order valence-corrected chi connectivity index (χ3v) is 9.62. The van der Waals surface area contributed by atoms with Gasteiger partial charge in [0, 0.05) is 35.7 Å². The fraction of sp³-hybridized carbons (Fsp3) is 0.567. The molecular formula is C30H38ClFN4O2. The summed E-state index contributed by atoms with van der Waals surface area (Å²) < 4.78 is 13.7. The highest BCUT2D eigenvalue weighted by Gasteiger charge is 2.51. The number of nitrogens with zero attached hydrogens (tertiary/aromatic N) is 1. The minimum Gasteiger partial charge on any atom is -0.354 e. The van der Waals surface area contributed by atoms with Crippen molar-refractivity contribution in [3.63, 3.8) is 0 Å². The fourth-order valence-electron chi connectivity index (χ4n) is 7.72. The van der Waals surface area contributed by atoms with E-state index in [1.807, 2.05) is 12.1 Å². The van der Waals surface area contributed by atoms with Crippen LogP contribution in [0.5, 0.6) is 0 Å². The van der Waals surface area contributed by atoms with Gasteiger partial charge in [-0.05, 0) is 92.5 Å². The average molecular weight is 541 g/mol. The van der Waals surface area contributed by atoms with E-state index in [-0.39, 0.29) is 23.8 Å². The molecule has 3 aliphatic rings. The molecule has 3 aliphatic carbocycles. The van der Waals surface area contributed by atoms with Crippen LogP contribution in [0.15, 0.2) is 42.7 Å². The smallest absolute Gasteiger partial charge is 0.230 e. The van der Waals surface area contributed by atoms with Crippen LogP contribution in [-0.2, 0) is 15.0 Å². The Morgan fingerprint density at radius 2 is 1.84 bits per heavy atom. The van der Waals surface area contributed by atoms with Gasteiger partial charge in [-0.2, -0.15) is 0 Å². The van der Waals surface area contributed by atoms with Crippen LogP contribution < -0.4 is 16.4 Å². The Labute approximate surface area is 229 Å². The van der Waals surface area contributed by atoms with Crippen molar-refractivity contribution in [3.8, 4) is 0 Å². The SMILES string of the molecule is CC1CC2CC(C(N)CNC(=O)C3(c4ccc(F)cc4Cl)CCCC3)CC(C(=O)Nc3ccncc3)(C1)C2. The van der Waals surface area contributed by atoms with Crippen molar-refractivity contribution < 1.29 is 14.0 Å². The summed E-state index contributed by atoms with van der Waals surface area (Å²) in [5, 5.41) is 6.56. The second-order valence-electron chi connectivity index (χ2n) is 12.1. The molecule has 0 spiro atoms. The van der Waals surface area contributed by atoms with Crippen LogP contribution in [0, 0.1) is 29.0 Å². The second kappa shape index (κ2) is 10.9. The second-order valence-corrected chi connectivity index (χ2v) is 12.5. The number of carbonyl (C=O) groups excluding carboxylic acids is 2. The zero-order valence-electron chi connectivity index (χ0n) is 22.0. The highest BCUT2D eigenvalue weighted by atomic mass is 35.5. The predicted molar refractivity (Wildman–Crippen MR) is 147 cm³/mol. The van der Waals surface area contributed by atoms with Gasteiger partial charge in [-0.25, -0.2) is 4.39 Å². The van der Waals surface area contributed by atoms with Crippen LogP contribution in [0.2, 0.25) is 5.02 Å². The molecule has 1 heterocycles. The summed E-state index contributed by atoms with van der Waals surface area (Å²) in [5.41, 5.74) is 6.99. The molecule has 0 aliphatic heterocycles. The molecule has 4 N–H and O–H groups in total. The van der Waals surface area contributed by atoms with E-state index in [9.17, 15) is 14.0 Å². The summed E-state index contributed by atoms with van der Waals surface area (Å²) in [4.78, 5) is 31.3. The van der Waals surface area contributed by atoms with Crippen molar-refractivity contribution in [2.24, 2.45) is 28.9 Å². The van der Waals surface area contributed by atoms with E-state index in [1.54, 1.807) is 18.5 Å². The number of amides is 2. The van der Waals surface area contributed by atoms with E-state index in [4.69, 9.17) is 17.3 Å². The highest BCUT2D eigenvalue weighted by molar-refractivity contribution is 6.31. The number of nitrogens with two attached hydrogens (primary N) is 1. The van der Waals surface area contributed by atoms with E-state index in [0.717, 1.165) is 50.6 Å². The van der Waals surface area contributed by atoms with Crippen LogP contribution in [0.1, 0.15) is 70.3 Å². The highest BCUT2D eigenvalue weighted by Crippen LogP contribution is 2.54. The van der Waals surface area contributed by atoms with Crippen LogP contribution in [0.3, 0.4) is 0 Å². The zero-order chi connectivity index (χ0) is 26.9. The first kappa shape index (κ1) is 27.1. The summed E-state index contributed by atoms with van der Waals surface area (Å²) in [5.74, 6) is 0.635. The van der Waals surface area contributed by atoms with Crippen molar-refractivity contribution in [1.29, 1.82) is 0 Å². The Morgan fingerprint density at radius 3 is 2.55 bits per heavy atom. The molecular weight excluding hydrogens is 503 g/mol. The molecule has 3 saturated carbocycles. The van der Waals surface area contributed by atoms with Gasteiger partial charge in [0.1, 0.15) is 5.82 Å². The Kier molecular flexibility index (Phi) is 7.79. The van der Waals surface area contributed by atoms with Gasteiger partial charge in [0.2, 0.25) is 11.8 Å². The minimum atomic E-state index is -0.755. The Hall–Kier alpha value is -2.51. The lowest BCUT2D eigenvalue weighted by Crippen LogP contribution is -2.53. The van der Waals surface area contributed by atoms with Gasteiger partial charge in [0.15, 0.2) is 0 Å². The first-order chi connectivity index (χ1) is 18.2. The van der Waals surface area contributed by atoms with Crippen molar-refractivity contribution in [3.05, 3.63) is 59.1 Å². The van der Waals surface area contributed by atoms with Crippen LogP contribution in [0.25, 0.3) is 0 Å². The van der Waals surface area contributed by atoms with Gasteiger partial charge in [0.05, 0.1) is 10.8 Å². The summed E-state index contributed by atoms with van der Waals surface area (Å²) in [6.45, 7) is 2.58. The Morgan fingerprint density at radius 1 is 1.11 bits per heavy atom. The molecule has 38 heavy (non-hydrogen) atoms. The molecule has 2 aromatic rings. The van der Waals surface area contributed by atoms with Crippen molar-refractivity contribution in [1.82, 2.24) is 10.3 Å². The standard InChI is InChI=1S/C30H38ClFN4O2/c1-19-12-20-13-21(17-29(15-19,16-20)27(37)36-23-6-10-34-11-7-23)26(33)18-35-28(38)30(8-2-3-9-30)24-5-4-22(32)14-25(24)31/h4-7,10-11,14,19-21,26H,2-3,8-9,12-13,15-18,33H2,1H3,(H,35,38)(H,34,36,37). The van der Waals surface area contributed by atoms with E-state index >= 15 is 0 Å². The number of hydrogen-bond donors (Lipinski definition) is 3. The molecule has 8 heteroatoms. The first-order valence-corrected chi connectivity index (χ1v) is 14.3. The molecule has 5 rings (SSSR count). The maximum Gasteiger partial charge on any atom is 0.230 e. The summed E-state index contributed by atoms with van der Waals surface area (Å²) in [6, 6.07) is 7.67. The van der Waals surface area contributed by atoms with E-state index in [0.29, 0.717) is 41.8 Å². The van der Waals surface area contributed by atoms with Gasteiger partial charge in [0.25, 0.3) is 0 Å². The van der Waals surface area contributed by atoms with Crippen LogP contribution in [0.4, 0.5) is 10.1 Å². The molecule has 6 nitrogen and oxygen atoms in total. The van der Waals surface area contributed by atoms with E-state index in [2.05, 4.69) is 22.5 Å². The predicted octanol–water partition coefficient (Wildman–Crippen LogP) is 5.60. The maximum atomic E-state index is 13.7. The number of hydrogen-bond acceptors (Lipinski definition) is 4. The van der Waals surface area contributed by atoms with Crippen molar-refractivity contribution in [2.45, 2.75) is 76.2 Å². The van der Waals surface area contributed by atoms with Gasteiger partial charge in [-0.3, -0.25) is 14.6 Å². The summed E-state index contributed by atoms with van der Waals surface area (Å²) in [7, 11) is 0. The minimum absolute atomic E-state index is 0.0667. The molecule has 2 amide bonds. The average Bonchev–Trinajstić information content (AvgIpc) is 3.38. The van der Waals surface area contributed by atoms with Crippen LogP contribution in [-0.4, -0.2) is 29.4 Å². The molecule has 2 bridgehead atoms. The number of anilines is 1. The lowest BCUT2D eigenvalue weighted by atomic mass is 9.55. The largest absolute Gasteiger partial charge is 0.354 e. The summed E-state index contributed by atoms with van der Waals surface area (Å²) in [6.07, 6.45) is 11.1. The summed E-state index contributed by atoms with van der Waals surface area (Å²) >= 11 is 6.41. The van der Waals surface area contributed by atoms with E-state index in [1.165, 1.54) is 12.1 Å². The molecule has 1 aromatic heterocycles.